The van der Waals surface area contributed by atoms with Crippen molar-refractivity contribution in [2.45, 2.75) is 64.8 Å². The molecule has 0 aliphatic carbocycles. The summed E-state index contributed by atoms with van der Waals surface area (Å²) in [6, 6.07) is 0. The Morgan fingerprint density at radius 3 is 2.62 bits per heavy atom. The minimum Gasteiger partial charge on any atom is -0.297 e. The van der Waals surface area contributed by atoms with Gasteiger partial charge in [-0.25, -0.2) is 0 Å². The van der Waals surface area contributed by atoms with Gasteiger partial charge in [0.2, 0.25) is 0 Å². The molecule has 0 saturated carbocycles. The third-order valence-electron chi connectivity index (χ3n) is 3.72. The Morgan fingerprint density at radius 1 is 1.12 bits per heavy atom. The zero-order chi connectivity index (χ0) is 11.9. The molecule has 1 aliphatic rings. The fraction of sp³-hybridized carbons (Fsp3) is 1.00. The molecule has 1 heterocycles. The van der Waals surface area contributed by atoms with Gasteiger partial charge in [0.25, 0.3) is 0 Å². The molecular formula is C14H29NS. The van der Waals surface area contributed by atoms with E-state index in [1.807, 2.05) is 0 Å². The maximum Gasteiger partial charge on any atom is 0.0153 e. The van der Waals surface area contributed by atoms with Gasteiger partial charge < -0.3 is 0 Å². The Hall–Kier alpha value is 0.310. The van der Waals surface area contributed by atoms with Crippen molar-refractivity contribution < 1.29 is 0 Å². The molecule has 1 fully saturated rings. The highest BCUT2D eigenvalue weighted by Crippen LogP contribution is 2.27. The molecule has 1 rings (SSSR count). The summed E-state index contributed by atoms with van der Waals surface area (Å²) in [5.74, 6) is 2.69. The van der Waals surface area contributed by atoms with Crippen molar-refractivity contribution in [2.24, 2.45) is 0 Å². The van der Waals surface area contributed by atoms with E-state index in [-0.39, 0.29) is 0 Å². The standard InChI is InChI=1S/C14H29NS/c1-4-5-8-12-16-13-11-15-10-7-6-9-14(15,2)3/h4-13H2,1-3H3. The van der Waals surface area contributed by atoms with Crippen LogP contribution in [0, 0.1) is 0 Å². The fourth-order valence-electron chi connectivity index (χ4n) is 2.47. The van der Waals surface area contributed by atoms with Crippen molar-refractivity contribution >= 4 is 11.8 Å². The van der Waals surface area contributed by atoms with E-state index in [1.165, 1.54) is 63.1 Å². The fourth-order valence-corrected chi connectivity index (χ4v) is 3.43. The zero-order valence-electron chi connectivity index (χ0n) is 11.4. The van der Waals surface area contributed by atoms with E-state index in [0.29, 0.717) is 5.54 Å². The molecule has 0 spiro atoms. The number of unbranched alkanes of at least 4 members (excludes halogenated alkanes) is 2. The molecule has 1 saturated heterocycles. The predicted molar refractivity (Wildman–Crippen MR) is 76.4 cm³/mol. The number of piperidine rings is 1. The highest BCUT2D eigenvalue weighted by Gasteiger charge is 2.28. The van der Waals surface area contributed by atoms with E-state index in [1.54, 1.807) is 0 Å². The van der Waals surface area contributed by atoms with E-state index >= 15 is 0 Å². The summed E-state index contributed by atoms with van der Waals surface area (Å²) < 4.78 is 0. The van der Waals surface area contributed by atoms with E-state index in [0.717, 1.165) is 0 Å². The Kier molecular flexibility index (Phi) is 6.83. The molecule has 0 amide bonds. The zero-order valence-corrected chi connectivity index (χ0v) is 12.2. The number of likely N-dealkylation sites (tertiary alicyclic amines) is 1. The SMILES string of the molecule is CCCCCSCCN1CCCCC1(C)C. The van der Waals surface area contributed by atoms with Crippen molar-refractivity contribution in [1.29, 1.82) is 0 Å². The molecule has 1 aliphatic heterocycles. The summed E-state index contributed by atoms with van der Waals surface area (Å²) in [6.07, 6.45) is 8.37. The lowest BCUT2D eigenvalue weighted by molar-refractivity contribution is 0.0846. The molecule has 0 aromatic carbocycles. The molecule has 16 heavy (non-hydrogen) atoms. The number of hydrogen-bond donors (Lipinski definition) is 0. The van der Waals surface area contributed by atoms with Gasteiger partial charge in [0.15, 0.2) is 0 Å². The molecule has 0 atom stereocenters. The van der Waals surface area contributed by atoms with E-state index < -0.39 is 0 Å². The van der Waals surface area contributed by atoms with Crippen LogP contribution in [0.1, 0.15) is 59.3 Å². The van der Waals surface area contributed by atoms with Crippen LogP contribution >= 0.6 is 11.8 Å². The van der Waals surface area contributed by atoms with Crippen LogP contribution in [-0.4, -0.2) is 35.0 Å². The van der Waals surface area contributed by atoms with Gasteiger partial charge in [0, 0.05) is 17.8 Å². The summed E-state index contributed by atoms with van der Waals surface area (Å²) in [4.78, 5) is 2.70. The van der Waals surface area contributed by atoms with Crippen molar-refractivity contribution in [3.63, 3.8) is 0 Å². The minimum absolute atomic E-state index is 0.461. The second-order valence-electron chi connectivity index (χ2n) is 5.58. The van der Waals surface area contributed by atoms with Crippen LogP contribution in [0.15, 0.2) is 0 Å². The van der Waals surface area contributed by atoms with E-state index in [2.05, 4.69) is 37.4 Å². The van der Waals surface area contributed by atoms with Crippen LogP contribution in [0.25, 0.3) is 0 Å². The van der Waals surface area contributed by atoms with Crippen molar-refractivity contribution in [2.75, 3.05) is 24.6 Å². The summed E-state index contributed by atoms with van der Waals surface area (Å²) in [7, 11) is 0. The topological polar surface area (TPSA) is 3.24 Å². The van der Waals surface area contributed by atoms with Crippen LogP contribution in [0.4, 0.5) is 0 Å². The smallest absolute Gasteiger partial charge is 0.0153 e. The van der Waals surface area contributed by atoms with Crippen LogP contribution in [0.3, 0.4) is 0 Å². The summed E-state index contributed by atoms with van der Waals surface area (Å²) >= 11 is 2.15. The first-order chi connectivity index (χ1) is 7.67. The summed E-state index contributed by atoms with van der Waals surface area (Å²) in [5, 5.41) is 0. The van der Waals surface area contributed by atoms with Gasteiger partial charge in [-0.3, -0.25) is 4.90 Å². The Balaban J connectivity index is 2.07. The Bertz CT molecular complexity index is 180. The maximum absolute atomic E-state index is 2.70. The molecule has 0 radical (unpaired) electrons. The van der Waals surface area contributed by atoms with Crippen molar-refractivity contribution in [1.82, 2.24) is 4.90 Å². The van der Waals surface area contributed by atoms with Crippen LogP contribution in [-0.2, 0) is 0 Å². The average molecular weight is 243 g/mol. The summed E-state index contributed by atoms with van der Waals surface area (Å²) in [5.41, 5.74) is 0.461. The minimum atomic E-state index is 0.461. The first-order valence-corrected chi connectivity index (χ1v) is 8.15. The molecule has 0 unspecified atom stereocenters. The van der Waals surface area contributed by atoms with Gasteiger partial charge in [-0.2, -0.15) is 11.8 Å². The number of nitrogens with zero attached hydrogens (tertiary/aromatic N) is 1. The normalized spacial score (nSPS) is 21.2. The first kappa shape index (κ1) is 14.4. The van der Waals surface area contributed by atoms with Gasteiger partial charge >= 0.3 is 0 Å². The van der Waals surface area contributed by atoms with Gasteiger partial charge in [0.05, 0.1) is 0 Å². The molecule has 1 nitrogen and oxygen atoms in total. The number of thioether (sulfide) groups is 1. The Labute approximate surface area is 106 Å². The second-order valence-corrected chi connectivity index (χ2v) is 6.80. The molecular weight excluding hydrogens is 214 g/mol. The molecule has 0 N–H and O–H groups in total. The van der Waals surface area contributed by atoms with Crippen LogP contribution in [0.2, 0.25) is 0 Å². The van der Waals surface area contributed by atoms with Crippen LogP contribution < -0.4 is 0 Å². The highest BCUT2D eigenvalue weighted by atomic mass is 32.2. The third-order valence-corrected chi connectivity index (χ3v) is 4.77. The molecule has 0 aromatic heterocycles. The third kappa shape index (κ3) is 5.09. The number of rotatable bonds is 7. The molecule has 0 bridgehead atoms. The van der Waals surface area contributed by atoms with Gasteiger partial charge in [-0.1, -0.05) is 26.2 Å². The maximum atomic E-state index is 2.70. The lowest BCUT2D eigenvalue weighted by Crippen LogP contribution is -2.48. The van der Waals surface area contributed by atoms with Crippen molar-refractivity contribution in [3.05, 3.63) is 0 Å². The quantitative estimate of drug-likeness (QED) is 0.617. The van der Waals surface area contributed by atoms with Crippen LogP contribution in [0.5, 0.6) is 0 Å². The van der Waals surface area contributed by atoms with E-state index in [9.17, 15) is 0 Å². The van der Waals surface area contributed by atoms with Crippen molar-refractivity contribution in [3.8, 4) is 0 Å². The van der Waals surface area contributed by atoms with E-state index in [4.69, 9.17) is 0 Å². The monoisotopic (exact) mass is 243 g/mol. The summed E-state index contributed by atoms with van der Waals surface area (Å²) in [6.45, 7) is 9.72. The average Bonchev–Trinajstić information content (AvgIpc) is 2.25. The molecule has 96 valence electrons. The first-order valence-electron chi connectivity index (χ1n) is 6.99. The second kappa shape index (κ2) is 7.60. The lowest BCUT2D eigenvalue weighted by atomic mass is 9.91. The molecule has 0 aromatic rings. The largest absolute Gasteiger partial charge is 0.297 e. The lowest BCUT2D eigenvalue weighted by Gasteiger charge is -2.42. The van der Waals surface area contributed by atoms with Gasteiger partial charge in [-0.05, 0) is 45.4 Å². The Morgan fingerprint density at radius 2 is 1.94 bits per heavy atom. The molecule has 2 heteroatoms. The number of hydrogen-bond acceptors (Lipinski definition) is 2. The van der Waals surface area contributed by atoms with Gasteiger partial charge in [0.1, 0.15) is 0 Å². The van der Waals surface area contributed by atoms with Gasteiger partial charge in [-0.15, -0.1) is 0 Å². The highest BCUT2D eigenvalue weighted by molar-refractivity contribution is 7.99. The predicted octanol–water partition coefficient (Wildman–Crippen LogP) is 4.17.